The fourth-order valence-electron chi connectivity index (χ4n) is 10.1. The number of aliphatic imine (C=N–C) groups is 1. The topological polar surface area (TPSA) is 590 Å². The van der Waals surface area contributed by atoms with Crippen molar-refractivity contribution in [3.8, 4) is 0 Å². The van der Waals surface area contributed by atoms with Crippen molar-refractivity contribution in [2.75, 3.05) is 62.6 Å². The second kappa shape index (κ2) is 44.5. The molecule has 4 rings (SSSR count). The highest BCUT2D eigenvalue weighted by Crippen LogP contribution is 2.29. The van der Waals surface area contributed by atoms with Crippen LogP contribution < -0.4 is 63.8 Å². The maximum absolute atomic E-state index is 14.3. The highest BCUT2D eigenvalue weighted by molar-refractivity contribution is 7.98. The lowest BCUT2D eigenvalue weighted by molar-refractivity contribution is -0.158. The van der Waals surface area contributed by atoms with Crippen molar-refractivity contribution < 1.29 is 110 Å². The number of thioether (sulfide) groups is 1. The third-order valence-corrected chi connectivity index (χ3v) is 17.4. The summed E-state index contributed by atoms with van der Waals surface area (Å²) in [6, 6.07) is 8.57. The number of nitrogens with zero attached hydrogens (tertiary/aromatic N) is 4. The lowest BCUT2D eigenvalue weighted by Gasteiger charge is -2.27. The summed E-state index contributed by atoms with van der Waals surface area (Å²) >= 11 is 1.16. The maximum atomic E-state index is 14.3. The highest BCUT2D eigenvalue weighted by Gasteiger charge is 2.36. The van der Waals surface area contributed by atoms with Gasteiger partial charge in [-0.2, -0.15) is 30.4 Å². The number of rotatable bonds is 47. The normalized spacial score (nSPS) is 13.9. The van der Waals surface area contributed by atoms with Crippen LogP contribution >= 0.6 is 11.8 Å². The van der Waals surface area contributed by atoms with Crippen molar-refractivity contribution in [2.24, 2.45) is 21.0 Å². The van der Waals surface area contributed by atoms with Crippen LogP contribution in [0.5, 0.6) is 0 Å². The first-order chi connectivity index (χ1) is 51.0. The molecule has 0 saturated heterocycles. The molecule has 0 radical (unpaired) electrons. The monoisotopic (exact) mass is 1550 g/mol. The molecule has 18 N–H and O–H groups in total. The molecule has 10 amide bonds. The number of nitrogens with one attached hydrogen (secondary N) is 10. The van der Waals surface area contributed by atoms with Gasteiger partial charge in [0.15, 0.2) is 12.0 Å². The van der Waals surface area contributed by atoms with Gasteiger partial charge in [0.05, 0.1) is 30.8 Å². The molecule has 40 heteroatoms. The average Bonchev–Trinajstić information content (AvgIpc) is 0.784. The fourth-order valence-corrected chi connectivity index (χ4v) is 11.3. The van der Waals surface area contributed by atoms with E-state index in [1.54, 1.807) is 42.7 Å². The average molecular weight is 1550 g/mol. The number of carbonyl (C=O) groups excluding carboxylic acids is 11. The number of benzene rings is 4. The van der Waals surface area contributed by atoms with Crippen molar-refractivity contribution in [2.45, 2.75) is 151 Å². The molecule has 0 aliphatic carbocycles. The van der Waals surface area contributed by atoms with Crippen LogP contribution in [0.3, 0.4) is 0 Å². The number of carbonyl (C=O) groups is 14. The quantitative estimate of drug-likeness (QED) is 0.00719. The number of nitrogens with two attached hydrogens (primary N) is 1. The standard InChI is InChI=1S/C68H91N15O23S2/c1-7-45(68(102)106-37(2)60(94)80-53(36-84)67(101)75-47(59(69)93)14-8-9-30-72-61(95)39-17-19-40(20-18-39)81-82-41-21-23-42(24-22-41)83(4)5)74-62(96)48(25-27-56(87)88)76-63(97)49(26-28-57(89)90)77-64(98)50(29-33-107-6)78-65(99)51(79-66(100)52(35-58(91)92)73-38(3)85)34-55(86)71-32-31-70-46-15-10-13-44-43(46)12-11-16-54(44)108(103,104)105/h10-13,15-24,37,45,47-53,70,84H,7-9,14,25-36H2,1-6H3,(H2,69,93)(H,71,86)(H,72,95)(H,73,85)(H,74,96)(H,75,101)(H,76,97)(H,77,98)(H,78,99)(H,79,100)(H,80,94)(H,87,88)(H,89,90)(H,91,92)(H,103,104,105)/t37-,45-,47-,48-,49-,50-,51-,52-,53-/m0/s1. The van der Waals surface area contributed by atoms with Gasteiger partial charge in [-0.25, -0.2) is 9.79 Å². The molecule has 0 fully saturated rings. The first-order valence-electron chi connectivity index (χ1n) is 33.7. The molecule has 4 aromatic carbocycles. The number of azo groups is 1. The number of fused-ring (bicyclic) bond motifs is 1. The van der Waals surface area contributed by atoms with Crippen LogP contribution in [0.15, 0.2) is 105 Å². The van der Waals surface area contributed by atoms with E-state index < -0.39 is 199 Å². The number of amides is 10. The van der Waals surface area contributed by atoms with Crippen LogP contribution in [-0.4, -0.2) is 234 Å². The van der Waals surface area contributed by atoms with Gasteiger partial charge in [0.2, 0.25) is 47.3 Å². The Morgan fingerprint density at radius 3 is 1.59 bits per heavy atom. The van der Waals surface area contributed by atoms with E-state index in [2.05, 4.69) is 68.4 Å². The largest absolute Gasteiger partial charge is 0.497 e. The van der Waals surface area contributed by atoms with Gasteiger partial charge < -0.3 is 94.1 Å². The summed E-state index contributed by atoms with van der Waals surface area (Å²) in [6.45, 7) is 2.37. The Labute approximate surface area is 624 Å². The molecule has 0 bridgehead atoms. The summed E-state index contributed by atoms with van der Waals surface area (Å²) < 4.78 is 39.1. The Kier molecular flexibility index (Phi) is 36.7. The van der Waals surface area contributed by atoms with Crippen molar-refractivity contribution >= 4 is 144 Å². The smallest absolute Gasteiger partial charge is 0.329 e. The van der Waals surface area contributed by atoms with Crippen LogP contribution in [0.2, 0.25) is 0 Å². The lowest BCUT2D eigenvalue weighted by atomic mass is 10.1. The van der Waals surface area contributed by atoms with Crippen LogP contribution in [0.25, 0.3) is 10.8 Å². The van der Waals surface area contributed by atoms with Crippen LogP contribution in [0.1, 0.15) is 102 Å². The molecule has 0 aromatic heterocycles. The van der Waals surface area contributed by atoms with E-state index in [9.17, 15) is 106 Å². The Hall–Kier alpha value is -11.4. The van der Waals surface area contributed by atoms with Gasteiger partial charge in [-0.3, -0.25) is 66.9 Å². The summed E-state index contributed by atoms with van der Waals surface area (Å²) in [5.41, 5.74) is 8.42. The van der Waals surface area contributed by atoms with E-state index in [0.717, 1.165) is 31.3 Å². The molecular weight excluding hydrogens is 1460 g/mol. The Bertz CT molecular complexity index is 4030. The predicted octanol–water partition coefficient (Wildman–Crippen LogP) is 0.602. The van der Waals surface area contributed by atoms with Gasteiger partial charge in [0, 0.05) is 81.2 Å². The van der Waals surface area contributed by atoms with Gasteiger partial charge in [0.1, 0.15) is 53.2 Å². The van der Waals surface area contributed by atoms with Crippen molar-refractivity contribution in [3.63, 3.8) is 0 Å². The van der Waals surface area contributed by atoms with Crippen molar-refractivity contribution in [3.05, 3.63) is 90.5 Å². The SMILES string of the molecule is CC[C@H](NC(=O)[C@H](CCC(=O)O)NC(=O)[C@H](CCC(=O)O)NC(=O)[C@H](CCSC)NC(=O)[C@H](CC(=O)NCCNc1cccc2c(S(=O)(=O)O)cccc12)NC(=O)[C@H](CC(=O)O)N=C(C)O)C(=O)O[C@@H](C)C(=O)N[C@@H](CO)C(=O)N[C@@H](CCCCNC(=O)c1ccc(N=Nc2ccc(N(C)C)cc2)cc1)C(N)=O. The second-order valence-corrected chi connectivity index (χ2v) is 26.8. The van der Waals surface area contributed by atoms with Gasteiger partial charge in [-0.15, -0.1) is 0 Å². The molecule has 0 saturated carbocycles. The van der Waals surface area contributed by atoms with Gasteiger partial charge in [-0.1, -0.05) is 31.2 Å². The number of aliphatic carboxylic acids is 3. The second-order valence-electron chi connectivity index (χ2n) is 24.5. The lowest BCUT2D eigenvalue weighted by Crippen LogP contribution is -2.59. The van der Waals surface area contributed by atoms with Gasteiger partial charge in [-0.05, 0) is 125 Å². The minimum atomic E-state index is -4.62. The van der Waals surface area contributed by atoms with E-state index in [4.69, 9.17) is 10.5 Å². The van der Waals surface area contributed by atoms with Crippen LogP contribution in [0.4, 0.5) is 22.7 Å². The molecule has 0 aliphatic rings. The third-order valence-electron chi connectivity index (χ3n) is 15.9. The summed E-state index contributed by atoms with van der Waals surface area (Å²) in [6.07, 6.45) is -5.08. The zero-order valence-electron chi connectivity index (χ0n) is 59.9. The number of primary amides is 1. The number of hydrogen-bond donors (Lipinski definition) is 17. The van der Waals surface area contributed by atoms with Crippen LogP contribution in [-0.2, 0) is 77.2 Å². The summed E-state index contributed by atoms with van der Waals surface area (Å²) in [5.74, 6) is -17.2. The summed E-state index contributed by atoms with van der Waals surface area (Å²) in [4.78, 5) is 190. The minimum Gasteiger partial charge on any atom is -0.497 e. The van der Waals surface area contributed by atoms with Crippen LogP contribution in [0, 0.1) is 0 Å². The minimum absolute atomic E-state index is 0.0276. The molecule has 9 atom stereocenters. The third kappa shape index (κ3) is 30.6. The fraction of sp³-hybridized carbons (Fsp3) is 0.456. The predicted molar refractivity (Wildman–Crippen MR) is 392 cm³/mol. The number of hydrogen-bond acceptors (Lipinski definition) is 24. The van der Waals surface area contributed by atoms with E-state index in [1.165, 1.54) is 31.2 Å². The Morgan fingerprint density at radius 1 is 0.565 bits per heavy atom. The molecule has 38 nitrogen and oxygen atoms in total. The number of ether oxygens (including phenoxy) is 1. The number of esters is 1. The Morgan fingerprint density at radius 2 is 1.07 bits per heavy atom. The molecule has 0 spiro atoms. The van der Waals surface area contributed by atoms with E-state index in [-0.39, 0.29) is 61.4 Å². The van der Waals surface area contributed by atoms with E-state index in [1.807, 2.05) is 43.3 Å². The maximum Gasteiger partial charge on any atom is 0.329 e. The highest BCUT2D eigenvalue weighted by atomic mass is 32.2. The molecular formula is C68H91N15O23S2. The molecule has 0 unspecified atom stereocenters. The van der Waals surface area contributed by atoms with Gasteiger partial charge in [0.25, 0.3) is 21.9 Å². The zero-order valence-corrected chi connectivity index (χ0v) is 61.5. The van der Waals surface area contributed by atoms with E-state index in [0.29, 0.717) is 34.4 Å². The molecule has 0 aliphatic heterocycles. The van der Waals surface area contributed by atoms with Gasteiger partial charge >= 0.3 is 23.9 Å². The first-order valence-corrected chi connectivity index (χ1v) is 36.6. The number of aliphatic hydroxyl groups excluding tert-OH is 2. The Balaban J connectivity index is 1.40. The first kappa shape index (κ1) is 89.0. The number of anilines is 2. The molecule has 0 heterocycles. The molecule has 588 valence electrons. The molecule has 4 aromatic rings. The summed E-state index contributed by atoms with van der Waals surface area (Å²) in [7, 11) is -0.790. The molecule has 108 heavy (non-hydrogen) atoms. The van der Waals surface area contributed by atoms with Crippen molar-refractivity contribution in [1.82, 2.24) is 47.9 Å². The number of unbranched alkanes of at least 4 members (excludes halogenated alkanes) is 1. The summed E-state index contributed by atoms with van der Waals surface area (Å²) in [5, 5.41) is 82.1. The number of aliphatic hydroxyl groups is 2. The number of carboxylic acid groups (broad SMARTS) is 3. The number of carboxylic acids is 3. The van der Waals surface area contributed by atoms with Crippen molar-refractivity contribution in [1.29, 1.82) is 0 Å². The van der Waals surface area contributed by atoms with E-state index >= 15 is 0 Å². The zero-order chi connectivity index (χ0) is 80.4.